The van der Waals surface area contributed by atoms with Crippen LogP contribution in [-0.2, 0) is 15.8 Å². The molecule has 41 heavy (non-hydrogen) atoms. The van der Waals surface area contributed by atoms with E-state index in [0.717, 1.165) is 17.5 Å². The van der Waals surface area contributed by atoms with Crippen molar-refractivity contribution in [1.29, 1.82) is 0 Å². The highest BCUT2D eigenvalue weighted by Gasteiger charge is 2.43. The van der Waals surface area contributed by atoms with Crippen LogP contribution in [0.1, 0.15) is 62.5 Å². The topological polar surface area (TPSA) is 99.0 Å². The summed E-state index contributed by atoms with van der Waals surface area (Å²) in [6.07, 6.45) is -1.27. The summed E-state index contributed by atoms with van der Waals surface area (Å²) in [5.74, 6) is -1.35. The zero-order valence-corrected chi connectivity index (χ0v) is 23.0. The van der Waals surface area contributed by atoms with Gasteiger partial charge in [0.15, 0.2) is 23.1 Å². The number of allylic oxidation sites excluding steroid dienone is 4. The average molecular weight is 591 g/mol. The normalized spacial score (nSPS) is 18.0. The van der Waals surface area contributed by atoms with Crippen molar-refractivity contribution >= 4 is 28.9 Å². The number of methoxy groups -OCH3 is 1. The van der Waals surface area contributed by atoms with Crippen LogP contribution in [0.4, 0.5) is 18.9 Å². The number of carbonyl (C=O) groups excluding carboxylic acids is 2. The Hall–Kier alpha value is -3.86. The molecule has 0 bridgehead atoms. The van der Waals surface area contributed by atoms with Gasteiger partial charge in [0.2, 0.25) is 5.75 Å². The van der Waals surface area contributed by atoms with Gasteiger partial charge < -0.3 is 14.4 Å². The minimum atomic E-state index is -4.79. The number of nitro groups is 1. The number of Topliss-reactive ketones (excluding diaryl/α,β-unsaturated/α-hetero) is 2. The fraction of sp³-hybridized carbons (Fsp3) is 0.379. The fourth-order valence-electron chi connectivity index (χ4n) is 5.97. The Balaban J connectivity index is 1.64. The second kappa shape index (κ2) is 10.8. The van der Waals surface area contributed by atoms with Crippen LogP contribution < -0.4 is 9.47 Å². The second-order valence-corrected chi connectivity index (χ2v) is 10.4. The number of alkyl halides is 3. The molecule has 2 aromatic carbocycles. The molecule has 2 aliphatic carbocycles. The van der Waals surface area contributed by atoms with E-state index in [2.05, 4.69) is 4.90 Å². The molecular weight excluding hydrogens is 565 g/mol. The Bertz CT molecular complexity index is 1490. The smallest absolute Gasteiger partial charge is 0.416 e. The fourth-order valence-corrected chi connectivity index (χ4v) is 6.23. The first-order valence-corrected chi connectivity index (χ1v) is 13.5. The first-order valence-electron chi connectivity index (χ1n) is 13.2. The molecule has 1 aliphatic heterocycles. The van der Waals surface area contributed by atoms with E-state index in [9.17, 15) is 32.9 Å². The monoisotopic (exact) mass is 590 g/mol. The molecule has 3 aliphatic rings. The maximum atomic E-state index is 13.4. The summed E-state index contributed by atoms with van der Waals surface area (Å²) in [6, 6.07) is 4.98. The third-order valence-electron chi connectivity index (χ3n) is 7.68. The van der Waals surface area contributed by atoms with Crippen LogP contribution in [0.2, 0.25) is 5.02 Å². The van der Waals surface area contributed by atoms with Crippen LogP contribution >= 0.6 is 11.6 Å². The molecule has 0 saturated carbocycles. The number of nitro benzene ring substituents is 1. The summed E-state index contributed by atoms with van der Waals surface area (Å²) in [6.45, 7) is 2.61. The maximum absolute atomic E-state index is 13.4. The second-order valence-electron chi connectivity index (χ2n) is 10.0. The summed E-state index contributed by atoms with van der Waals surface area (Å²) in [5, 5.41) is 11.5. The molecule has 0 radical (unpaired) electrons. The molecule has 0 unspecified atom stereocenters. The van der Waals surface area contributed by atoms with Gasteiger partial charge in [0, 0.05) is 53.9 Å². The van der Waals surface area contributed by atoms with Crippen LogP contribution in [0, 0.1) is 10.1 Å². The van der Waals surface area contributed by atoms with Gasteiger partial charge in [-0.2, -0.15) is 13.2 Å². The van der Waals surface area contributed by atoms with Gasteiger partial charge in [0.25, 0.3) is 0 Å². The molecule has 216 valence electrons. The van der Waals surface area contributed by atoms with Gasteiger partial charge in [-0.05, 0) is 62.4 Å². The Morgan fingerprint density at radius 3 is 2.12 bits per heavy atom. The van der Waals surface area contributed by atoms with E-state index in [0.29, 0.717) is 73.9 Å². The van der Waals surface area contributed by atoms with Crippen molar-refractivity contribution in [1.82, 2.24) is 4.90 Å². The van der Waals surface area contributed by atoms with Gasteiger partial charge in [0.1, 0.15) is 0 Å². The van der Waals surface area contributed by atoms with Crippen molar-refractivity contribution < 1.29 is 37.2 Å². The molecule has 0 fully saturated rings. The summed E-state index contributed by atoms with van der Waals surface area (Å²) in [5.41, 5.74) is 1.32. The lowest BCUT2D eigenvalue weighted by molar-refractivity contribution is -0.385. The van der Waals surface area contributed by atoms with E-state index >= 15 is 0 Å². The number of ether oxygens (including phenoxy) is 2. The molecule has 8 nitrogen and oxygen atoms in total. The number of carbonyl (C=O) groups is 2. The van der Waals surface area contributed by atoms with Crippen molar-refractivity contribution in [3.8, 4) is 17.2 Å². The van der Waals surface area contributed by atoms with Gasteiger partial charge in [-0.15, -0.1) is 0 Å². The number of nitrogens with zero attached hydrogens (tertiary/aromatic N) is 2. The van der Waals surface area contributed by atoms with Crippen LogP contribution in [0.3, 0.4) is 0 Å². The lowest BCUT2D eigenvalue weighted by Crippen LogP contribution is -2.39. The summed E-state index contributed by atoms with van der Waals surface area (Å²) >= 11 is 6.63. The molecule has 12 heteroatoms. The molecule has 2 aromatic rings. The van der Waals surface area contributed by atoms with E-state index in [4.69, 9.17) is 21.1 Å². The first-order chi connectivity index (χ1) is 19.5. The number of benzene rings is 2. The van der Waals surface area contributed by atoms with E-state index in [1.165, 1.54) is 13.2 Å². The highest BCUT2D eigenvalue weighted by Crippen LogP contribution is 2.52. The van der Waals surface area contributed by atoms with Crippen molar-refractivity contribution in [2.45, 2.75) is 57.5 Å². The molecule has 0 atom stereocenters. The largest absolute Gasteiger partial charge is 0.493 e. The molecule has 1 heterocycles. The van der Waals surface area contributed by atoms with Crippen molar-refractivity contribution in [2.75, 3.05) is 13.7 Å². The first kappa shape index (κ1) is 28.7. The molecule has 0 saturated heterocycles. The van der Waals surface area contributed by atoms with Crippen LogP contribution in [0.5, 0.6) is 17.2 Å². The lowest BCUT2D eigenvalue weighted by atomic mass is 9.71. The van der Waals surface area contributed by atoms with Gasteiger partial charge >= 0.3 is 11.9 Å². The van der Waals surface area contributed by atoms with Crippen LogP contribution in [-0.4, -0.2) is 35.0 Å². The van der Waals surface area contributed by atoms with Gasteiger partial charge in [0.05, 0.1) is 22.6 Å². The zero-order chi connectivity index (χ0) is 29.6. The third kappa shape index (κ3) is 5.07. The Kier molecular flexibility index (Phi) is 7.58. The number of rotatable bonds is 6. The summed E-state index contributed by atoms with van der Waals surface area (Å²) in [4.78, 5) is 39.4. The number of ketones is 2. The third-order valence-corrected chi connectivity index (χ3v) is 7.96. The molecule has 0 amide bonds. The van der Waals surface area contributed by atoms with Gasteiger partial charge in [-0.25, -0.2) is 0 Å². The minimum Gasteiger partial charge on any atom is -0.493 e. The van der Waals surface area contributed by atoms with Crippen LogP contribution in [0.25, 0.3) is 0 Å². The zero-order valence-electron chi connectivity index (χ0n) is 22.3. The van der Waals surface area contributed by atoms with E-state index in [1.54, 1.807) is 6.07 Å². The van der Waals surface area contributed by atoms with E-state index in [1.807, 2.05) is 6.92 Å². The predicted octanol–water partition coefficient (Wildman–Crippen LogP) is 7.50. The number of halogens is 4. The summed E-state index contributed by atoms with van der Waals surface area (Å²) in [7, 11) is 1.32. The highest BCUT2D eigenvalue weighted by molar-refractivity contribution is 6.32. The highest BCUT2D eigenvalue weighted by atomic mass is 35.5. The standard InChI is InChI=1S/C29H26ClF3N2O6/c1-3-34-18-6-4-8-21(36)26(18)25(27-19(34)7-5-9-22(27)37)15-12-17(30)28(24(13-15)40-2)41-23-11-10-16(29(31,32)33)14-20(23)35(38)39/h10-14,25H,3-9H2,1-2H3. The van der Waals surface area contributed by atoms with Gasteiger partial charge in [-0.1, -0.05) is 11.6 Å². The van der Waals surface area contributed by atoms with Crippen molar-refractivity contribution in [3.63, 3.8) is 0 Å². The Morgan fingerprint density at radius 1 is 1.00 bits per heavy atom. The molecular formula is C29H26ClF3N2O6. The lowest BCUT2D eigenvalue weighted by Gasteiger charge is -2.43. The maximum Gasteiger partial charge on any atom is 0.416 e. The molecule has 5 rings (SSSR count). The Morgan fingerprint density at radius 2 is 1.61 bits per heavy atom. The molecule has 0 aromatic heterocycles. The van der Waals surface area contributed by atoms with E-state index in [-0.39, 0.29) is 28.1 Å². The van der Waals surface area contributed by atoms with Crippen molar-refractivity contribution in [3.05, 3.63) is 79.1 Å². The van der Waals surface area contributed by atoms with E-state index < -0.39 is 34.0 Å². The summed E-state index contributed by atoms with van der Waals surface area (Å²) < 4.78 is 50.7. The predicted molar refractivity (Wildman–Crippen MR) is 143 cm³/mol. The van der Waals surface area contributed by atoms with Crippen LogP contribution in [0.15, 0.2) is 52.9 Å². The van der Waals surface area contributed by atoms with Crippen molar-refractivity contribution in [2.24, 2.45) is 0 Å². The number of hydrogen-bond donors (Lipinski definition) is 0. The average Bonchev–Trinajstić information content (AvgIpc) is 2.92. The molecule has 0 spiro atoms. The number of hydrogen-bond acceptors (Lipinski definition) is 7. The Labute approximate surface area is 238 Å². The molecule has 0 N–H and O–H groups in total. The quantitative estimate of drug-likeness (QED) is 0.254. The SMILES string of the molecule is CCN1C2=C(C(=O)CCC2)C(c2cc(Cl)c(Oc3ccc(C(F)(F)F)cc3[N+](=O)[O-])c(OC)c2)C2=C1CCCC2=O. The van der Waals surface area contributed by atoms with Gasteiger partial charge in [-0.3, -0.25) is 19.7 Å². The minimum absolute atomic E-state index is 0.0374.